The van der Waals surface area contributed by atoms with Crippen molar-refractivity contribution < 1.29 is 18.0 Å². The number of carbonyl (C=O) groups excluding carboxylic acids is 1. The molecule has 3 rings (SSSR count). The summed E-state index contributed by atoms with van der Waals surface area (Å²) >= 11 is 6.70. The van der Waals surface area contributed by atoms with E-state index in [-0.39, 0.29) is 16.3 Å². The zero-order valence-corrected chi connectivity index (χ0v) is 18.2. The maximum atomic E-state index is 13.3. The summed E-state index contributed by atoms with van der Waals surface area (Å²) in [6, 6.07) is 10.0. The molecule has 0 aliphatic rings. The number of nitrogens with one attached hydrogen (secondary N) is 1. The summed E-state index contributed by atoms with van der Waals surface area (Å²) in [5.74, 6) is -0.650. The van der Waals surface area contributed by atoms with E-state index in [9.17, 15) is 22.8 Å². The highest BCUT2D eigenvalue weighted by atomic mass is 35.5. The van der Waals surface area contributed by atoms with Gasteiger partial charge in [-0.25, -0.2) is 4.98 Å². The first-order valence-electron chi connectivity index (χ1n) is 9.45. The van der Waals surface area contributed by atoms with Crippen molar-refractivity contribution in [3.05, 3.63) is 63.4 Å². The molecule has 0 aliphatic carbocycles. The predicted octanol–water partition coefficient (Wildman–Crippen LogP) is 5.60. The molecule has 164 valence electrons. The van der Waals surface area contributed by atoms with Gasteiger partial charge in [0.25, 0.3) is 5.56 Å². The topological polar surface area (TPSA) is 64.0 Å². The second kappa shape index (κ2) is 9.32. The van der Waals surface area contributed by atoms with Crippen molar-refractivity contribution in [3.8, 4) is 0 Å². The molecule has 1 heterocycles. The van der Waals surface area contributed by atoms with Gasteiger partial charge in [0.1, 0.15) is 0 Å². The van der Waals surface area contributed by atoms with Crippen molar-refractivity contribution in [2.75, 3.05) is 5.32 Å². The Bertz CT molecular complexity index is 1180. The molecule has 0 aliphatic heterocycles. The molecular weight excluding hydrogens is 451 g/mol. The number of benzene rings is 2. The number of anilines is 1. The quantitative estimate of drug-likeness (QED) is 0.377. The first-order valence-corrected chi connectivity index (χ1v) is 10.7. The van der Waals surface area contributed by atoms with Gasteiger partial charge >= 0.3 is 6.18 Å². The van der Waals surface area contributed by atoms with Gasteiger partial charge in [-0.15, -0.1) is 0 Å². The molecule has 0 saturated heterocycles. The highest BCUT2D eigenvalue weighted by molar-refractivity contribution is 8.00. The van der Waals surface area contributed by atoms with Crippen LogP contribution in [0.1, 0.15) is 25.8 Å². The minimum Gasteiger partial charge on any atom is -0.325 e. The Kier molecular flexibility index (Phi) is 6.96. The Morgan fingerprint density at radius 3 is 2.65 bits per heavy atom. The summed E-state index contributed by atoms with van der Waals surface area (Å²) in [6.45, 7) is 3.86. The fourth-order valence-electron chi connectivity index (χ4n) is 2.96. The number of hydrogen-bond donors (Lipinski definition) is 1. The number of nitrogens with zero attached hydrogens (tertiary/aromatic N) is 2. The Labute approximate surface area is 185 Å². The standard InChI is InChI=1S/C21H19ClF3N3O2S/c1-3-10-28-19(30)14-6-4-5-7-16(14)27-20(28)31-12(2)18(29)26-17-9-8-13(22)11-15(17)21(23,24)25/h4-9,11-12H,3,10H2,1-2H3,(H,26,29)/t12-/m0/s1. The van der Waals surface area contributed by atoms with Crippen LogP contribution in [0.3, 0.4) is 0 Å². The lowest BCUT2D eigenvalue weighted by Gasteiger charge is -2.18. The van der Waals surface area contributed by atoms with E-state index in [0.29, 0.717) is 29.0 Å². The van der Waals surface area contributed by atoms with Crippen LogP contribution in [0.5, 0.6) is 0 Å². The largest absolute Gasteiger partial charge is 0.418 e. The summed E-state index contributed by atoms with van der Waals surface area (Å²) in [7, 11) is 0. The molecule has 1 N–H and O–H groups in total. The summed E-state index contributed by atoms with van der Waals surface area (Å²) < 4.78 is 41.4. The molecule has 0 saturated carbocycles. The normalized spacial score (nSPS) is 12.7. The van der Waals surface area contributed by atoms with Crippen molar-refractivity contribution in [1.82, 2.24) is 9.55 Å². The van der Waals surface area contributed by atoms with Crippen LogP contribution in [-0.4, -0.2) is 20.7 Å². The van der Waals surface area contributed by atoms with Crippen LogP contribution in [0.2, 0.25) is 5.02 Å². The third-order valence-electron chi connectivity index (χ3n) is 4.47. The highest BCUT2D eigenvalue weighted by Gasteiger charge is 2.34. The third-order valence-corrected chi connectivity index (χ3v) is 5.80. The van der Waals surface area contributed by atoms with E-state index in [1.165, 1.54) is 10.6 Å². The van der Waals surface area contributed by atoms with Gasteiger partial charge in [0.2, 0.25) is 5.91 Å². The zero-order chi connectivity index (χ0) is 22.8. The summed E-state index contributed by atoms with van der Waals surface area (Å²) in [4.78, 5) is 30.0. The Morgan fingerprint density at radius 2 is 1.97 bits per heavy atom. The molecule has 31 heavy (non-hydrogen) atoms. The van der Waals surface area contributed by atoms with Gasteiger partial charge in [-0.2, -0.15) is 13.2 Å². The molecular formula is C21H19ClF3N3O2S. The van der Waals surface area contributed by atoms with Crippen molar-refractivity contribution in [2.45, 2.75) is 43.4 Å². The van der Waals surface area contributed by atoms with Crippen LogP contribution in [0, 0.1) is 0 Å². The maximum absolute atomic E-state index is 13.3. The Morgan fingerprint density at radius 1 is 1.26 bits per heavy atom. The van der Waals surface area contributed by atoms with Gasteiger partial charge in [-0.3, -0.25) is 14.2 Å². The van der Waals surface area contributed by atoms with Crippen molar-refractivity contribution in [1.29, 1.82) is 0 Å². The zero-order valence-electron chi connectivity index (χ0n) is 16.7. The lowest BCUT2D eigenvalue weighted by molar-refractivity contribution is -0.137. The molecule has 0 unspecified atom stereocenters. The average molecular weight is 470 g/mol. The smallest absolute Gasteiger partial charge is 0.325 e. The molecule has 0 radical (unpaired) electrons. The molecule has 10 heteroatoms. The summed E-state index contributed by atoms with van der Waals surface area (Å²) in [6.07, 6.45) is -4.00. The highest BCUT2D eigenvalue weighted by Crippen LogP contribution is 2.37. The molecule has 2 aromatic carbocycles. The second-order valence-corrected chi connectivity index (χ2v) is 8.55. The van der Waals surface area contributed by atoms with Crippen molar-refractivity contribution >= 4 is 45.9 Å². The van der Waals surface area contributed by atoms with E-state index in [1.54, 1.807) is 31.2 Å². The van der Waals surface area contributed by atoms with Gasteiger partial charge in [-0.05, 0) is 43.7 Å². The average Bonchev–Trinajstić information content (AvgIpc) is 2.71. The number of hydrogen-bond acceptors (Lipinski definition) is 4. The number of thioether (sulfide) groups is 1. The molecule has 3 aromatic rings. The number of aromatic nitrogens is 2. The monoisotopic (exact) mass is 469 g/mol. The predicted molar refractivity (Wildman–Crippen MR) is 117 cm³/mol. The van der Waals surface area contributed by atoms with Crippen LogP contribution in [0.15, 0.2) is 52.4 Å². The third kappa shape index (κ3) is 5.22. The molecule has 0 fully saturated rings. The second-order valence-electron chi connectivity index (χ2n) is 6.81. The first-order chi connectivity index (χ1) is 14.6. The molecule has 0 spiro atoms. The van der Waals surface area contributed by atoms with Gasteiger partial charge in [0, 0.05) is 11.6 Å². The van der Waals surface area contributed by atoms with E-state index in [1.807, 2.05) is 6.92 Å². The number of para-hydroxylation sites is 1. The van der Waals surface area contributed by atoms with Crippen molar-refractivity contribution in [2.24, 2.45) is 0 Å². The number of amides is 1. The number of fused-ring (bicyclic) bond motifs is 1. The first kappa shape index (κ1) is 23.1. The van der Waals surface area contributed by atoms with Gasteiger partial charge in [0.15, 0.2) is 5.16 Å². The molecule has 0 bridgehead atoms. The van der Waals surface area contributed by atoms with E-state index in [4.69, 9.17) is 11.6 Å². The van der Waals surface area contributed by atoms with E-state index < -0.39 is 22.9 Å². The van der Waals surface area contributed by atoms with Gasteiger partial charge in [0.05, 0.1) is 27.4 Å². The van der Waals surface area contributed by atoms with E-state index in [0.717, 1.165) is 23.9 Å². The van der Waals surface area contributed by atoms with Crippen molar-refractivity contribution in [3.63, 3.8) is 0 Å². The number of carbonyl (C=O) groups is 1. The fourth-order valence-corrected chi connectivity index (χ4v) is 4.07. The maximum Gasteiger partial charge on any atom is 0.418 e. The minimum absolute atomic E-state index is 0.0864. The SMILES string of the molecule is CCCn1c(S[C@@H](C)C(=O)Nc2ccc(Cl)cc2C(F)(F)F)nc2ccccc2c1=O. The van der Waals surface area contributed by atoms with Crippen LogP contribution in [0.25, 0.3) is 10.9 Å². The number of halogens is 4. The van der Waals surface area contributed by atoms with Crippen LogP contribution >= 0.6 is 23.4 Å². The molecule has 1 aromatic heterocycles. The lowest BCUT2D eigenvalue weighted by atomic mass is 10.1. The minimum atomic E-state index is -4.68. The van der Waals surface area contributed by atoms with Gasteiger partial charge < -0.3 is 5.32 Å². The van der Waals surface area contributed by atoms with Crippen LogP contribution in [0.4, 0.5) is 18.9 Å². The summed E-state index contributed by atoms with van der Waals surface area (Å²) in [5.41, 5.74) is -1.14. The molecule has 5 nitrogen and oxygen atoms in total. The number of alkyl halides is 3. The molecule has 1 atom stereocenters. The van der Waals surface area contributed by atoms with Crippen LogP contribution < -0.4 is 10.9 Å². The van der Waals surface area contributed by atoms with Gasteiger partial charge in [-0.1, -0.05) is 42.4 Å². The Balaban J connectivity index is 1.89. The fraction of sp³-hybridized carbons (Fsp3) is 0.286. The van der Waals surface area contributed by atoms with Crippen LogP contribution in [-0.2, 0) is 17.5 Å². The summed E-state index contributed by atoms with van der Waals surface area (Å²) in [5, 5.41) is 2.22. The number of rotatable bonds is 6. The van der Waals surface area contributed by atoms with E-state index >= 15 is 0 Å². The molecule has 1 amide bonds. The van der Waals surface area contributed by atoms with E-state index in [2.05, 4.69) is 10.3 Å². The Hall–Kier alpha value is -2.52. The lowest BCUT2D eigenvalue weighted by Crippen LogP contribution is -2.27.